The highest BCUT2D eigenvalue weighted by atomic mass is 32.2. The fourth-order valence-electron chi connectivity index (χ4n) is 1.35. The molecule has 0 spiro atoms. The van der Waals surface area contributed by atoms with Gasteiger partial charge in [0.05, 0.1) is 0 Å². The molecule has 0 N–H and O–H groups in total. The van der Waals surface area contributed by atoms with Gasteiger partial charge in [-0.05, 0) is 28.9 Å². The topological polar surface area (TPSA) is 0 Å². The summed E-state index contributed by atoms with van der Waals surface area (Å²) in [5.41, 5.74) is 0.799. The van der Waals surface area contributed by atoms with E-state index in [2.05, 4.69) is 6.08 Å². The van der Waals surface area contributed by atoms with Crippen LogP contribution in [0.15, 0.2) is 33.9 Å². The normalized spacial score (nSPS) is 28.9. The van der Waals surface area contributed by atoms with E-state index in [1.54, 1.807) is 11.8 Å². The minimum absolute atomic E-state index is 0.0471. The summed E-state index contributed by atoms with van der Waals surface area (Å²) < 4.78 is 13.0. The zero-order valence-electron chi connectivity index (χ0n) is 6.30. The maximum Gasteiger partial charge on any atom is 0.104 e. The number of allylic oxidation sites excluding steroid dienone is 5. The van der Waals surface area contributed by atoms with Crippen molar-refractivity contribution in [1.29, 1.82) is 0 Å². The molecule has 1 aliphatic heterocycles. The second-order valence-electron chi connectivity index (χ2n) is 2.89. The minimum Gasteiger partial charge on any atom is -0.212 e. The number of rotatable bonds is 0. The van der Waals surface area contributed by atoms with Gasteiger partial charge in [-0.3, -0.25) is 0 Å². The van der Waals surface area contributed by atoms with Gasteiger partial charge in [0.25, 0.3) is 0 Å². The maximum absolute atomic E-state index is 13.0. The van der Waals surface area contributed by atoms with Crippen molar-refractivity contribution in [2.24, 2.45) is 5.92 Å². The highest BCUT2D eigenvalue weighted by Gasteiger charge is 2.22. The molecule has 1 atom stereocenters. The minimum atomic E-state index is 0.0471. The lowest BCUT2D eigenvalue weighted by Crippen LogP contribution is -2.01. The van der Waals surface area contributed by atoms with Crippen molar-refractivity contribution in [3.63, 3.8) is 0 Å². The van der Waals surface area contributed by atoms with E-state index in [0.717, 1.165) is 5.57 Å². The Morgan fingerprint density at radius 1 is 1.64 bits per heavy atom. The van der Waals surface area contributed by atoms with Crippen molar-refractivity contribution in [3.05, 3.63) is 33.9 Å². The van der Waals surface area contributed by atoms with E-state index in [1.807, 2.05) is 18.4 Å². The predicted octanol–water partition coefficient (Wildman–Crippen LogP) is 3.39. The van der Waals surface area contributed by atoms with Crippen LogP contribution in [-0.4, -0.2) is 0 Å². The molecule has 1 heterocycles. The molecule has 58 valence electrons. The molecule has 2 rings (SSSR count). The molecule has 0 aromatic rings. The van der Waals surface area contributed by atoms with Crippen LogP contribution in [0, 0.1) is 5.92 Å². The Bertz CT molecular complexity index is 273. The number of thioether (sulfide) groups is 1. The van der Waals surface area contributed by atoms with E-state index in [4.69, 9.17) is 0 Å². The lowest BCUT2D eigenvalue weighted by Gasteiger charge is -2.15. The Kier molecular flexibility index (Phi) is 1.64. The number of halogens is 1. The molecule has 1 aliphatic carbocycles. The number of hydrogen-bond donors (Lipinski definition) is 0. The fourth-order valence-corrected chi connectivity index (χ4v) is 2.36. The molecule has 0 bridgehead atoms. The zero-order valence-corrected chi connectivity index (χ0v) is 7.12. The molecule has 0 nitrogen and oxygen atoms in total. The van der Waals surface area contributed by atoms with Gasteiger partial charge in [0.15, 0.2) is 0 Å². The summed E-state index contributed by atoms with van der Waals surface area (Å²) in [5, 5.41) is 2.04. The number of fused-ring (bicyclic) bond motifs is 1. The average molecular weight is 168 g/mol. The van der Waals surface area contributed by atoms with Crippen LogP contribution in [0.3, 0.4) is 0 Å². The van der Waals surface area contributed by atoms with Gasteiger partial charge in [-0.25, -0.2) is 4.39 Å². The summed E-state index contributed by atoms with van der Waals surface area (Å²) in [7, 11) is 0. The summed E-state index contributed by atoms with van der Waals surface area (Å²) in [6, 6.07) is 0. The summed E-state index contributed by atoms with van der Waals surface area (Å²) in [4.78, 5) is 1.30. The number of hydrogen-bond acceptors (Lipinski definition) is 1. The standard InChI is InChI=1S/C9H9FS/c1-6-4-9-7(2-3-11-9)5-8(6)10/h2-4,7H,5H2,1H3. The lowest BCUT2D eigenvalue weighted by atomic mass is 9.96. The smallest absolute Gasteiger partial charge is 0.104 e. The van der Waals surface area contributed by atoms with Crippen molar-refractivity contribution in [1.82, 2.24) is 0 Å². The van der Waals surface area contributed by atoms with Crippen LogP contribution in [0.5, 0.6) is 0 Å². The summed E-state index contributed by atoms with van der Waals surface area (Å²) in [5.74, 6) is 0.384. The second kappa shape index (κ2) is 2.52. The van der Waals surface area contributed by atoms with Crippen LogP contribution in [0.4, 0.5) is 4.39 Å². The molecule has 2 aliphatic rings. The summed E-state index contributed by atoms with van der Waals surface area (Å²) in [6.07, 6.45) is 4.60. The SMILES string of the molecule is CC1=C(F)CC2C=CSC2=C1. The van der Waals surface area contributed by atoms with Crippen molar-refractivity contribution in [2.45, 2.75) is 13.3 Å². The molecule has 1 unspecified atom stereocenters. The Balaban J connectivity index is 2.34. The summed E-state index contributed by atoms with van der Waals surface area (Å²) >= 11 is 1.71. The van der Waals surface area contributed by atoms with E-state index in [9.17, 15) is 4.39 Å². The zero-order chi connectivity index (χ0) is 7.84. The van der Waals surface area contributed by atoms with Crippen LogP contribution in [0.1, 0.15) is 13.3 Å². The first kappa shape index (κ1) is 7.17. The molecule has 0 saturated carbocycles. The Hall–Kier alpha value is -0.500. The molecule has 0 aromatic carbocycles. The van der Waals surface area contributed by atoms with E-state index < -0.39 is 0 Å². The van der Waals surface area contributed by atoms with E-state index in [0.29, 0.717) is 12.3 Å². The van der Waals surface area contributed by atoms with Crippen LogP contribution in [-0.2, 0) is 0 Å². The third kappa shape index (κ3) is 1.16. The monoisotopic (exact) mass is 168 g/mol. The van der Waals surface area contributed by atoms with E-state index >= 15 is 0 Å². The second-order valence-corrected chi connectivity index (χ2v) is 3.87. The van der Waals surface area contributed by atoms with Crippen molar-refractivity contribution in [3.8, 4) is 0 Å². The molecule has 0 radical (unpaired) electrons. The van der Waals surface area contributed by atoms with Crippen LogP contribution in [0.25, 0.3) is 0 Å². The van der Waals surface area contributed by atoms with Crippen molar-refractivity contribution < 1.29 is 4.39 Å². The molecule has 0 saturated heterocycles. The van der Waals surface area contributed by atoms with Gasteiger partial charge in [-0.2, -0.15) is 0 Å². The summed E-state index contributed by atoms with van der Waals surface area (Å²) in [6.45, 7) is 1.83. The van der Waals surface area contributed by atoms with Crippen molar-refractivity contribution >= 4 is 11.8 Å². The van der Waals surface area contributed by atoms with Gasteiger partial charge in [0, 0.05) is 12.3 Å². The molecular formula is C9H9FS. The Labute approximate surface area is 69.9 Å². The third-order valence-electron chi connectivity index (χ3n) is 2.07. The van der Waals surface area contributed by atoms with Gasteiger partial charge in [-0.1, -0.05) is 6.08 Å². The van der Waals surface area contributed by atoms with E-state index in [1.165, 1.54) is 4.91 Å². The molecular weight excluding hydrogens is 159 g/mol. The molecule has 2 heteroatoms. The van der Waals surface area contributed by atoms with Crippen LogP contribution < -0.4 is 0 Å². The fraction of sp³-hybridized carbons (Fsp3) is 0.333. The van der Waals surface area contributed by atoms with Gasteiger partial charge < -0.3 is 0 Å². The molecule has 0 amide bonds. The first-order chi connectivity index (χ1) is 5.27. The quantitative estimate of drug-likeness (QED) is 0.534. The van der Waals surface area contributed by atoms with Gasteiger partial charge >= 0.3 is 0 Å². The van der Waals surface area contributed by atoms with Crippen LogP contribution >= 0.6 is 11.8 Å². The van der Waals surface area contributed by atoms with E-state index in [-0.39, 0.29) is 5.83 Å². The molecule has 0 aromatic heterocycles. The molecule has 11 heavy (non-hydrogen) atoms. The first-order valence-corrected chi connectivity index (χ1v) is 4.55. The van der Waals surface area contributed by atoms with Gasteiger partial charge in [-0.15, -0.1) is 11.8 Å². The van der Waals surface area contributed by atoms with Crippen molar-refractivity contribution in [2.75, 3.05) is 0 Å². The lowest BCUT2D eigenvalue weighted by molar-refractivity contribution is 0.544. The Morgan fingerprint density at radius 2 is 2.45 bits per heavy atom. The molecule has 0 fully saturated rings. The van der Waals surface area contributed by atoms with Gasteiger partial charge in [0.1, 0.15) is 5.83 Å². The average Bonchev–Trinajstić information content (AvgIpc) is 2.36. The first-order valence-electron chi connectivity index (χ1n) is 3.67. The third-order valence-corrected chi connectivity index (χ3v) is 3.05. The predicted molar refractivity (Wildman–Crippen MR) is 46.7 cm³/mol. The van der Waals surface area contributed by atoms with Gasteiger partial charge in [0.2, 0.25) is 0 Å². The highest BCUT2D eigenvalue weighted by molar-refractivity contribution is 8.06. The Morgan fingerprint density at radius 3 is 3.27 bits per heavy atom. The maximum atomic E-state index is 13.0. The highest BCUT2D eigenvalue weighted by Crippen LogP contribution is 2.42. The van der Waals surface area contributed by atoms with Crippen LogP contribution in [0.2, 0.25) is 0 Å². The largest absolute Gasteiger partial charge is 0.212 e.